The maximum atomic E-state index is 11.4. The van der Waals surface area contributed by atoms with E-state index in [1.807, 2.05) is 0 Å². The Hall–Kier alpha value is -1.97. The zero-order valence-corrected chi connectivity index (χ0v) is 9.15. The fraction of sp³-hybridized carbons (Fsp3) is 0.250. The monoisotopic (exact) mass is 220 g/mol. The van der Waals surface area contributed by atoms with Gasteiger partial charge in [-0.05, 0) is 18.2 Å². The number of benzene rings is 1. The average molecular weight is 220 g/mol. The summed E-state index contributed by atoms with van der Waals surface area (Å²) in [5, 5.41) is 0. The highest BCUT2D eigenvalue weighted by Gasteiger charge is 2.21. The van der Waals surface area contributed by atoms with Crippen molar-refractivity contribution in [1.29, 1.82) is 0 Å². The van der Waals surface area contributed by atoms with Crippen molar-refractivity contribution in [3.05, 3.63) is 29.8 Å². The van der Waals surface area contributed by atoms with Gasteiger partial charge in [0.2, 0.25) is 0 Å². The summed E-state index contributed by atoms with van der Waals surface area (Å²) >= 11 is 0. The Kier molecular flexibility index (Phi) is 2.81. The van der Waals surface area contributed by atoms with Gasteiger partial charge in [-0.2, -0.15) is 0 Å². The molecular weight excluding hydrogens is 208 g/mol. The molecule has 4 nitrogen and oxygen atoms in total. The Morgan fingerprint density at radius 2 is 2.06 bits per heavy atom. The van der Waals surface area contributed by atoms with Gasteiger partial charge < -0.3 is 14.2 Å². The highest BCUT2D eigenvalue weighted by molar-refractivity contribution is 6.18. The first-order valence-corrected chi connectivity index (χ1v) is 4.86. The van der Waals surface area contributed by atoms with Crippen LogP contribution in [0.2, 0.25) is 0 Å². The molecule has 0 aliphatic carbocycles. The Morgan fingerprint density at radius 1 is 1.25 bits per heavy atom. The molecule has 0 saturated carbocycles. The van der Waals surface area contributed by atoms with E-state index in [-0.39, 0.29) is 5.97 Å². The van der Waals surface area contributed by atoms with Crippen LogP contribution in [0.4, 0.5) is 0 Å². The average Bonchev–Trinajstić information content (AvgIpc) is 2.74. The molecule has 0 radical (unpaired) electrons. The number of esters is 1. The minimum absolute atomic E-state index is 0.316. The van der Waals surface area contributed by atoms with E-state index in [1.165, 1.54) is 0 Å². The maximum Gasteiger partial charge on any atom is 0.338 e. The number of cyclic esters (lactones) is 1. The zero-order chi connectivity index (χ0) is 11.5. The molecule has 4 heteroatoms. The fourth-order valence-electron chi connectivity index (χ4n) is 1.60. The quantitative estimate of drug-likeness (QED) is 0.726. The molecule has 16 heavy (non-hydrogen) atoms. The van der Waals surface area contributed by atoms with Crippen LogP contribution in [0.5, 0.6) is 11.5 Å². The minimum atomic E-state index is -0.316. The first kappa shape index (κ1) is 10.5. The Balaban J connectivity index is 2.44. The summed E-state index contributed by atoms with van der Waals surface area (Å²) in [4.78, 5) is 11.4. The molecule has 1 aromatic carbocycles. The summed E-state index contributed by atoms with van der Waals surface area (Å²) in [5.41, 5.74) is 1.27. The molecule has 1 heterocycles. The third-order valence-corrected chi connectivity index (χ3v) is 2.42. The van der Waals surface area contributed by atoms with Gasteiger partial charge in [0.25, 0.3) is 0 Å². The van der Waals surface area contributed by atoms with Gasteiger partial charge in [0.1, 0.15) is 18.1 Å². The Bertz CT molecular complexity index is 448. The topological polar surface area (TPSA) is 44.8 Å². The maximum absolute atomic E-state index is 11.4. The van der Waals surface area contributed by atoms with Gasteiger partial charge >= 0.3 is 5.97 Å². The predicted octanol–water partition coefficient (Wildman–Crippen LogP) is 1.64. The molecule has 0 saturated heterocycles. The van der Waals surface area contributed by atoms with Crippen LogP contribution in [0.1, 0.15) is 5.56 Å². The van der Waals surface area contributed by atoms with Crippen LogP contribution in [0, 0.1) is 0 Å². The number of hydrogen-bond donors (Lipinski definition) is 0. The summed E-state index contributed by atoms with van der Waals surface area (Å²) < 4.78 is 15.2. The molecular formula is C12H12O4. The number of methoxy groups -OCH3 is 2. The van der Waals surface area contributed by atoms with E-state index >= 15 is 0 Å². The zero-order valence-electron chi connectivity index (χ0n) is 9.15. The number of ether oxygens (including phenoxy) is 3. The van der Waals surface area contributed by atoms with Crippen LogP contribution in [-0.2, 0) is 9.53 Å². The molecule has 0 fully saturated rings. The molecule has 84 valence electrons. The lowest BCUT2D eigenvalue weighted by atomic mass is 10.1. The van der Waals surface area contributed by atoms with E-state index in [1.54, 1.807) is 38.5 Å². The first-order valence-electron chi connectivity index (χ1n) is 4.86. The van der Waals surface area contributed by atoms with Gasteiger partial charge in [0.15, 0.2) is 0 Å². The van der Waals surface area contributed by atoms with Crippen molar-refractivity contribution < 1.29 is 19.0 Å². The standard InChI is InChI=1S/C12H12O4/c1-14-8-3-4-9(11(7-8)15-2)10-5-6-16-12(10)13/h3-5,7H,6H2,1-2H3. The summed E-state index contributed by atoms with van der Waals surface area (Å²) in [6.07, 6.45) is 1.74. The van der Waals surface area contributed by atoms with E-state index in [9.17, 15) is 4.79 Å². The lowest BCUT2D eigenvalue weighted by molar-refractivity contribution is -0.133. The SMILES string of the molecule is COc1ccc(C2=CCOC2=O)c(OC)c1. The second kappa shape index (κ2) is 4.26. The van der Waals surface area contributed by atoms with Crippen LogP contribution >= 0.6 is 0 Å². The molecule has 0 atom stereocenters. The van der Waals surface area contributed by atoms with E-state index < -0.39 is 0 Å². The minimum Gasteiger partial charge on any atom is -0.497 e. The molecule has 1 aliphatic heterocycles. The number of carbonyl (C=O) groups excluding carboxylic acids is 1. The van der Waals surface area contributed by atoms with Gasteiger partial charge in [-0.15, -0.1) is 0 Å². The van der Waals surface area contributed by atoms with Crippen LogP contribution in [0.15, 0.2) is 24.3 Å². The molecule has 0 N–H and O–H groups in total. The predicted molar refractivity (Wildman–Crippen MR) is 58.5 cm³/mol. The highest BCUT2D eigenvalue weighted by Crippen LogP contribution is 2.32. The van der Waals surface area contributed by atoms with Gasteiger partial charge in [-0.25, -0.2) is 4.79 Å². The molecule has 0 bridgehead atoms. The van der Waals surface area contributed by atoms with Crippen LogP contribution in [0.25, 0.3) is 5.57 Å². The van der Waals surface area contributed by atoms with Crippen molar-refractivity contribution in [2.75, 3.05) is 20.8 Å². The number of carbonyl (C=O) groups is 1. The van der Waals surface area contributed by atoms with Crippen LogP contribution in [-0.4, -0.2) is 26.8 Å². The molecule has 0 unspecified atom stereocenters. The second-order valence-electron chi connectivity index (χ2n) is 3.28. The first-order chi connectivity index (χ1) is 7.76. The Labute approximate surface area is 93.4 Å². The van der Waals surface area contributed by atoms with Crippen LogP contribution < -0.4 is 9.47 Å². The van der Waals surface area contributed by atoms with E-state index in [4.69, 9.17) is 14.2 Å². The molecule has 1 aliphatic rings. The summed E-state index contributed by atoms with van der Waals surface area (Å²) in [7, 11) is 3.14. The molecule has 0 aromatic heterocycles. The van der Waals surface area contributed by atoms with Crippen molar-refractivity contribution in [2.45, 2.75) is 0 Å². The number of hydrogen-bond acceptors (Lipinski definition) is 4. The second-order valence-corrected chi connectivity index (χ2v) is 3.28. The van der Waals surface area contributed by atoms with Gasteiger partial charge in [-0.1, -0.05) is 0 Å². The van der Waals surface area contributed by atoms with Gasteiger partial charge in [-0.3, -0.25) is 0 Å². The van der Waals surface area contributed by atoms with Crippen molar-refractivity contribution in [2.24, 2.45) is 0 Å². The van der Waals surface area contributed by atoms with Gasteiger partial charge in [0.05, 0.1) is 19.8 Å². The van der Waals surface area contributed by atoms with Crippen molar-refractivity contribution in [3.63, 3.8) is 0 Å². The third-order valence-electron chi connectivity index (χ3n) is 2.42. The van der Waals surface area contributed by atoms with Crippen LogP contribution in [0.3, 0.4) is 0 Å². The molecule has 2 rings (SSSR count). The highest BCUT2D eigenvalue weighted by atomic mass is 16.5. The lowest BCUT2D eigenvalue weighted by Crippen LogP contribution is -2.01. The van der Waals surface area contributed by atoms with Crippen molar-refractivity contribution in [1.82, 2.24) is 0 Å². The summed E-state index contributed by atoms with van der Waals surface area (Å²) in [5.74, 6) is 0.973. The Morgan fingerprint density at radius 3 is 2.62 bits per heavy atom. The van der Waals surface area contributed by atoms with Crippen molar-refractivity contribution in [3.8, 4) is 11.5 Å². The summed E-state index contributed by atoms with van der Waals surface area (Å²) in [6.45, 7) is 0.323. The third kappa shape index (κ3) is 1.74. The normalized spacial score (nSPS) is 14.4. The lowest BCUT2D eigenvalue weighted by Gasteiger charge is -2.09. The van der Waals surface area contributed by atoms with E-state index in [0.717, 1.165) is 5.56 Å². The summed E-state index contributed by atoms with van der Waals surface area (Å²) in [6, 6.07) is 5.31. The fourth-order valence-corrected chi connectivity index (χ4v) is 1.60. The molecule has 1 aromatic rings. The smallest absolute Gasteiger partial charge is 0.338 e. The molecule has 0 spiro atoms. The largest absolute Gasteiger partial charge is 0.497 e. The number of rotatable bonds is 3. The van der Waals surface area contributed by atoms with E-state index in [2.05, 4.69) is 0 Å². The van der Waals surface area contributed by atoms with Gasteiger partial charge in [0, 0.05) is 11.6 Å². The van der Waals surface area contributed by atoms with E-state index in [0.29, 0.717) is 23.7 Å². The van der Waals surface area contributed by atoms with Crippen molar-refractivity contribution >= 4 is 11.5 Å². The molecule has 0 amide bonds.